The number of ketones is 2. The van der Waals surface area contributed by atoms with Gasteiger partial charge in [0, 0.05) is 37.5 Å². The number of fused-ring (bicyclic) bond motifs is 9. The topological polar surface area (TPSA) is 80.7 Å². The first-order valence-electron chi connectivity index (χ1n) is 13.4. The number of esters is 1. The highest BCUT2D eigenvalue weighted by atomic mass is 16.5. The third-order valence-corrected chi connectivity index (χ3v) is 11.4. The van der Waals surface area contributed by atoms with Crippen molar-refractivity contribution < 1.29 is 24.2 Å². The van der Waals surface area contributed by atoms with Crippen molar-refractivity contribution in [2.75, 3.05) is 0 Å². The van der Waals surface area contributed by atoms with E-state index in [1.165, 1.54) is 12.5 Å². The van der Waals surface area contributed by atoms with Crippen molar-refractivity contribution in [3.8, 4) is 0 Å². The molecule has 34 heavy (non-hydrogen) atoms. The molecular formula is C29H38O5. The van der Waals surface area contributed by atoms with Crippen LogP contribution in [0.2, 0.25) is 0 Å². The van der Waals surface area contributed by atoms with E-state index in [-0.39, 0.29) is 58.1 Å². The lowest BCUT2D eigenvalue weighted by atomic mass is 9.47. The summed E-state index contributed by atoms with van der Waals surface area (Å²) in [6.07, 6.45) is 12.2. The number of Topliss-reactive ketones (excluding diaryl/α,β-unsaturated/α-hetero) is 1. The molecule has 0 aromatic rings. The molecule has 0 aromatic heterocycles. The molecule has 0 aliphatic heterocycles. The van der Waals surface area contributed by atoms with E-state index in [0.29, 0.717) is 24.2 Å². The van der Waals surface area contributed by atoms with Gasteiger partial charge in [0.2, 0.25) is 0 Å². The lowest BCUT2D eigenvalue weighted by molar-refractivity contribution is -0.150. The monoisotopic (exact) mass is 466 g/mol. The van der Waals surface area contributed by atoms with E-state index in [0.717, 1.165) is 44.9 Å². The van der Waals surface area contributed by atoms with Crippen LogP contribution in [0, 0.1) is 52.3 Å². The molecule has 0 bridgehead atoms. The van der Waals surface area contributed by atoms with E-state index >= 15 is 0 Å². The lowest BCUT2D eigenvalue weighted by Crippen LogP contribution is -2.53. The SMILES string of the molecule is CC(=O)O[C@H]1CCC2(C)C(=CCC3C2CCC2(C)C3C[C@@H]3[C@@H]4C(=O)C=C[C@@H](O)[C@@H]4CC(=O)[C@@H]32)C1. The van der Waals surface area contributed by atoms with Gasteiger partial charge in [0.05, 0.1) is 6.10 Å². The van der Waals surface area contributed by atoms with Gasteiger partial charge in [-0.2, -0.15) is 0 Å². The number of ether oxygens (including phenoxy) is 1. The van der Waals surface area contributed by atoms with Gasteiger partial charge in [0.1, 0.15) is 11.9 Å². The minimum atomic E-state index is -0.678. The number of carbonyl (C=O) groups excluding carboxylic acids is 3. The molecule has 0 radical (unpaired) electrons. The van der Waals surface area contributed by atoms with Gasteiger partial charge in [-0.25, -0.2) is 0 Å². The third kappa shape index (κ3) is 3.04. The molecule has 5 heteroatoms. The van der Waals surface area contributed by atoms with Gasteiger partial charge in [-0.1, -0.05) is 31.6 Å². The van der Waals surface area contributed by atoms with Crippen molar-refractivity contribution >= 4 is 17.5 Å². The largest absolute Gasteiger partial charge is 0.462 e. The number of aliphatic hydroxyl groups is 1. The second-order valence-corrected chi connectivity index (χ2v) is 12.8. The molecule has 0 saturated heterocycles. The summed E-state index contributed by atoms with van der Waals surface area (Å²) in [4.78, 5) is 38.0. The van der Waals surface area contributed by atoms with Crippen LogP contribution in [0.4, 0.5) is 0 Å². The first-order valence-corrected chi connectivity index (χ1v) is 13.4. The van der Waals surface area contributed by atoms with Crippen molar-refractivity contribution in [3.63, 3.8) is 0 Å². The molecule has 0 amide bonds. The van der Waals surface area contributed by atoms with Gasteiger partial charge >= 0.3 is 5.97 Å². The summed E-state index contributed by atoms with van der Waals surface area (Å²) in [6.45, 7) is 6.27. The second kappa shape index (κ2) is 7.62. The number of carbonyl (C=O) groups is 3. The summed E-state index contributed by atoms with van der Waals surface area (Å²) >= 11 is 0. The van der Waals surface area contributed by atoms with Crippen LogP contribution >= 0.6 is 0 Å². The first kappa shape index (κ1) is 22.7. The second-order valence-electron chi connectivity index (χ2n) is 12.8. The predicted octanol–water partition coefficient (Wildman–Crippen LogP) is 4.43. The van der Waals surface area contributed by atoms with Gasteiger partial charge in [-0.3, -0.25) is 14.4 Å². The summed E-state index contributed by atoms with van der Waals surface area (Å²) < 4.78 is 5.58. The lowest BCUT2D eigenvalue weighted by Gasteiger charge is -2.58. The zero-order chi connectivity index (χ0) is 24.0. The van der Waals surface area contributed by atoms with E-state index in [2.05, 4.69) is 19.9 Å². The highest BCUT2D eigenvalue weighted by Gasteiger charge is 2.66. The molecule has 4 fully saturated rings. The van der Waals surface area contributed by atoms with Crippen LogP contribution in [-0.2, 0) is 19.1 Å². The molecule has 0 aromatic carbocycles. The van der Waals surface area contributed by atoms with E-state index in [1.807, 2.05) is 0 Å². The smallest absolute Gasteiger partial charge is 0.302 e. The third-order valence-electron chi connectivity index (χ3n) is 11.4. The van der Waals surface area contributed by atoms with Crippen molar-refractivity contribution in [2.24, 2.45) is 52.3 Å². The van der Waals surface area contributed by atoms with E-state index < -0.39 is 6.10 Å². The average molecular weight is 467 g/mol. The Kier molecular flexibility index (Phi) is 5.09. The van der Waals surface area contributed by atoms with Crippen LogP contribution in [0.15, 0.2) is 23.8 Å². The van der Waals surface area contributed by atoms with E-state index in [1.54, 1.807) is 12.2 Å². The first-order chi connectivity index (χ1) is 16.1. The van der Waals surface area contributed by atoms with Gasteiger partial charge in [0.15, 0.2) is 5.78 Å². The van der Waals surface area contributed by atoms with Crippen molar-refractivity contribution in [3.05, 3.63) is 23.8 Å². The molecule has 4 saturated carbocycles. The summed E-state index contributed by atoms with van der Waals surface area (Å²) in [6, 6.07) is 0. The fourth-order valence-electron chi connectivity index (χ4n) is 10.0. The zero-order valence-electron chi connectivity index (χ0n) is 20.7. The van der Waals surface area contributed by atoms with Crippen LogP contribution in [-0.4, -0.2) is 34.9 Å². The van der Waals surface area contributed by atoms with Crippen LogP contribution in [0.5, 0.6) is 0 Å². The Morgan fingerprint density at radius 3 is 2.62 bits per heavy atom. The normalized spacial score (nSPS) is 51.4. The Bertz CT molecular complexity index is 994. The molecule has 1 N–H and O–H groups in total. The molecular weight excluding hydrogens is 428 g/mol. The van der Waals surface area contributed by atoms with E-state index in [9.17, 15) is 19.5 Å². The quantitative estimate of drug-likeness (QED) is 0.457. The summed E-state index contributed by atoms with van der Waals surface area (Å²) in [5.41, 5.74) is 1.56. The molecule has 0 heterocycles. The Balaban J connectivity index is 1.31. The fourth-order valence-corrected chi connectivity index (χ4v) is 10.0. The average Bonchev–Trinajstić information content (AvgIpc) is 3.10. The van der Waals surface area contributed by atoms with Crippen LogP contribution in [0.3, 0.4) is 0 Å². The maximum Gasteiger partial charge on any atom is 0.302 e. The number of allylic oxidation sites excluding steroid dienone is 2. The minimum absolute atomic E-state index is 0.00272. The fraction of sp³-hybridized carbons (Fsp3) is 0.759. The molecule has 6 aliphatic rings. The summed E-state index contributed by atoms with van der Waals surface area (Å²) in [5.74, 6) is 1.38. The number of hydrogen-bond donors (Lipinski definition) is 1. The van der Waals surface area contributed by atoms with Gasteiger partial charge in [0.25, 0.3) is 0 Å². The highest BCUT2D eigenvalue weighted by molar-refractivity contribution is 5.96. The van der Waals surface area contributed by atoms with Crippen LogP contribution in [0.25, 0.3) is 0 Å². The van der Waals surface area contributed by atoms with Crippen molar-refractivity contribution in [1.29, 1.82) is 0 Å². The molecule has 11 atom stereocenters. The van der Waals surface area contributed by atoms with E-state index in [4.69, 9.17) is 4.74 Å². The van der Waals surface area contributed by atoms with Crippen LogP contribution < -0.4 is 0 Å². The highest BCUT2D eigenvalue weighted by Crippen LogP contribution is 2.69. The predicted molar refractivity (Wildman–Crippen MR) is 126 cm³/mol. The Morgan fingerprint density at radius 2 is 1.85 bits per heavy atom. The van der Waals surface area contributed by atoms with Gasteiger partial charge in [-0.15, -0.1) is 0 Å². The summed E-state index contributed by atoms with van der Waals surface area (Å²) in [7, 11) is 0. The zero-order valence-corrected chi connectivity index (χ0v) is 20.7. The van der Waals surface area contributed by atoms with Crippen molar-refractivity contribution in [1.82, 2.24) is 0 Å². The Hall–Kier alpha value is -1.75. The number of hydrogen-bond acceptors (Lipinski definition) is 5. The molecule has 0 spiro atoms. The molecule has 6 aliphatic carbocycles. The van der Waals surface area contributed by atoms with Crippen molar-refractivity contribution in [2.45, 2.75) is 84.3 Å². The summed E-state index contributed by atoms with van der Waals surface area (Å²) in [5, 5.41) is 10.6. The molecule has 5 nitrogen and oxygen atoms in total. The molecule has 5 unspecified atom stereocenters. The Labute approximate surface area is 202 Å². The standard InChI is InChI=1S/C29H38O5/c1-15(30)34-17-8-10-28(2)16(12-17)4-5-18-21(28)9-11-29(3)22(18)13-20-26-19(14-25(33)27(20)29)23(31)6-7-24(26)32/h4,6-7,17-23,26-27,31H,5,8-14H2,1-3H3/t17-,18?,19-,20+,21?,22?,23+,26+,27+,28?,29?/m0/s1. The maximum absolute atomic E-state index is 13.5. The molecule has 6 rings (SSSR count). The van der Waals surface area contributed by atoms with Gasteiger partial charge < -0.3 is 9.84 Å². The van der Waals surface area contributed by atoms with Gasteiger partial charge in [-0.05, 0) is 79.1 Å². The minimum Gasteiger partial charge on any atom is -0.462 e. The number of rotatable bonds is 1. The number of aliphatic hydroxyl groups excluding tert-OH is 1. The van der Waals surface area contributed by atoms with Crippen LogP contribution in [0.1, 0.15) is 72.1 Å². The Morgan fingerprint density at radius 1 is 1.06 bits per heavy atom. The molecule has 184 valence electrons. The maximum atomic E-state index is 13.5.